The second-order valence-electron chi connectivity index (χ2n) is 7.88. The number of anilines is 2. The van der Waals surface area contributed by atoms with Crippen LogP contribution in [0.5, 0.6) is 0 Å². The Morgan fingerprint density at radius 3 is 2.09 bits per heavy atom. The van der Waals surface area contributed by atoms with Gasteiger partial charge in [-0.15, -0.1) is 11.3 Å². The van der Waals surface area contributed by atoms with Crippen LogP contribution in [-0.4, -0.2) is 5.91 Å². The first kappa shape index (κ1) is 23.6. The Hall–Kier alpha value is -3.58. The molecule has 0 fully saturated rings. The number of nitrogens with one attached hydrogen (secondary N) is 2. The fraction of sp³-hybridized carbons (Fsp3) is 0.148. The molecule has 0 saturated heterocycles. The number of para-hydroxylation sites is 1. The summed E-state index contributed by atoms with van der Waals surface area (Å²) >= 11 is 1.41. The van der Waals surface area contributed by atoms with Crippen molar-refractivity contribution in [1.29, 1.82) is 0 Å². The van der Waals surface area contributed by atoms with Crippen LogP contribution >= 0.6 is 11.3 Å². The number of halogens is 3. The van der Waals surface area contributed by atoms with E-state index in [1.165, 1.54) is 23.5 Å². The van der Waals surface area contributed by atoms with Gasteiger partial charge < -0.3 is 10.6 Å². The van der Waals surface area contributed by atoms with E-state index in [2.05, 4.69) is 10.6 Å². The zero-order valence-electron chi connectivity index (χ0n) is 18.6. The van der Waals surface area contributed by atoms with Gasteiger partial charge in [0.2, 0.25) is 0 Å². The SMILES string of the molecule is Cc1sc(NC(=O)c2ccccc2)c([C@H](Nc2ccccc2C(F)(F)F)c2ccccc2)c1C. The molecule has 7 heteroatoms. The van der Waals surface area contributed by atoms with Gasteiger partial charge in [0.1, 0.15) is 5.00 Å². The molecule has 3 aromatic carbocycles. The summed E-state index contributed by atoms with van der Waals surface area (Å²) in [5, 5.41) is 6.72. The fourth-order valence-electron chi connectivity index (χ4n) is 3.83. The molecule has 1 heterocycles. The van der Waals surface area contributed by atoms with Crippen LogP contribution in [0.2, 0.25) is 0 Å². The Kier molecular flexibility index (Phi) is 6.75. The summed E-state index contributed by atoms with van der Waals surface area (Å²) in [6, 6.07) is 22.9. The van der Waals surface area contributed by atoms with Gasteiger partial charge in [0, 0.05) is 21.7 Å². The second kappa shape index (κ2) is 9.73. The van der Waals surface area contributed by atoms with Gasteiger partial charge in [-0.25, -0.2) is 0 Å². The second-order valence-corrected chi connectivity index (χ2v) is 9.10. The Labute approximate surface area is 200 Å². The third-order valence-corrected chi connectivity index (χ3v) is 6.79. The molecule has 0 saturated carbocycles. The number of aryl methyl sites for hydroxylation is 1. The van der Waals surface area contributed by atoms with E-state index in [-0.39, 0.29) is 11.6 Å². The summed E-state index contributed by atoms with van der Waals surface area (Å²) in [5.41, 5.74) is 2.19. The van der Waals surface area contributed by atoms with E-state index in [0.29, 0.717) is 10.6 Å². The zero-order chi connectivity index (χ0) is 24.3. The molecule has 1 amide bonds. The minimum Gasteiger partial charge on any atom is -0.374 e. The molecule has 174 valence electrons. The van der Waals surface area contributed by atoms with Crippen molar-refractivity contribution in [3.63, 3.8) is 0 Å². The lowest BCUT2D eigenvalue weighted by atomic mass is 9.95. The highest BCUT2D eigenvalue weighted by atomic mass is 32.1. The van der Waals surface area contributed by atoms with Crippen molar-refractivity contribution >= 4 is 27.9 Å². The average molecular weight is 481 g/mol. The number of amides is 1. The minimum atomic E-state index is -4.51. The number of alkyl halides is 3. The number of rotatable bonds is 6. The zero-order valence-corrected chi connectivity index (χ0v) is 19.4. The van der Waals surface area contributed by atoms with E-state index in [1.54, 1.807) is 30.3 Å². The van der Waals surface area contributed by atoms with E-state index < -0.39 is 17.8 Å². The summed E-state index contributed by atoms with van der Waals surface area (Å²) in [4.78, 5) is 13.9. The standard InChI is InChI=1S/C27H23F3N2OS/c1-17-18(2)34-26(32-25(33)20-13-7-4-8-14-20)23(17)24(19-11-5-3-6-12-19)31-22-16-10-9-15-21(22)27(28,29)30/h3-16,24,31H,1-2H3,(H,32,33)/t24-/m1/s1. The van der Waals surface area contributed by atoms with Crippen LogP contribution in [0.3, 0.4) is 0 Å². The van der Waals surface area contributed by atoms with Gasteiger partial charge in [0.05, 0.1) is 11.6 Å². The van der Waals surface area contributed by atoms with Crippen molar-refractivity contribution in [2.45, 2.75) is 26.1 Å². The highest BCUT2D eigenvalue weighted by Gasteiger charge is 2.34. The average Bonchev–Trinajstić information content (AvgIpc) is 3.11. The Bertz CT molecular complexity index is 1280. The summed E-state index contributed by atoms with van der Waals surface area (Å²) in [5.74, 6) is -0.273. The Morgan fingerprint density at radius 2 is 1.44 bits per heavy atom. The van der Waals surface area contributed by atoms with Crippen LogP contribution in [0, 0.1) is 13.8 Å². The lowest BCUT2D eigenvalue weighted by molar-refractivity contribution is -0.137. The van der Waals surface area contributed by atoms with E-state index in [0.717, 1.165) is 27.6 Å². The van der Waals surface area contributed by atoms with E-state index in [1.807, 2.05) is 50.2 Å². The van der Waals surface area contributed by atoms with Gasteiger partial charge in [-0.2, -0.15) is 13.2 Å². The van der Waals surface area contributed by atoms with Crippen LogP contribution in [-0.2, 0) is 6.18 Å². The maximum atomic E-state index is 13.7. The molecule has 3 nitrogen and oxygen atoms in total. The Balaban J connectivity index is 1.81. The predicted octanol–water partition coefficient (Wildman–Crippen LogP) is 7.84. The molecule has 0 aliphatic rings. The molecule has 0 unspecified atom stereocenters. The first-order chi connectivity index (χ1) is 16.3. The van der Waals surface area contributed by atoms with Gasteiger partial charge in [0.15, 0.2) is 0 Å². The van der Waals surface area contributed by atoms with Crippen molar-refractivity contribution < 1.29 is 18.0 Å². The van der Waals surface area contributed by atoms with E-state index in [9.17, 15) is 18.0 Å². The molecule has 1 aromatic heterocycles. The van der Waals surface area contributed by atoms with Crippen LogP contribution in [0.25, 0.3) is 0 Å². The number of carbonyl (C=O) groups is 1. The van der Waals surface area contributed by atoms with Crippen molar-refractivity contribution in [1.82, 2.24) is 0 Å². The number of carbonyl (C=O) groups excluding carboxylic acids is 1. The van der Waals surface area contributed by atoms with Gasteiger partial charge in [-0.1, -0.05) is 60.7 Å². The topological polar surface area (TPSA) is 41.1 Å². The van der Waals surface area contributed by atoms with Crippen molar-refractivity contribution in [2.75, 3.05) is 10.6 Å². The number of hydrogen-bond acceptors (Lipinski definition) is 3. The molecular formula is C27H23F3N2OS. The summed E-state index contributed by atoms with van der Waals surface area (Å²) < 4.78 is 41.2. The summed E-state index contributed by atoms with van der Waals surface area (Å²) in [6.07, 6.45) is -4.51. The van der Waals surface area contributed by atoms with Gasteiger partial charge in [-0.05, 0) is 49.2 Å². The monoisotopic (exact) mass is 480 g/mol. The molecular weight excluding hydrogens is 457 g/mol. The largest absolute Gasteiger partial charge is 0.418 e. The number of thiophene rings is 1. The van der Waals surface area contributed by atoms with E-state index >= 15 is 0 Å². The lowest BCUT2D eigenvalue weighted by Crippen LogP contribution is -2.19. The number of benzene rings is 3. The molecule has 1 atom stereocenters. The van der Waals surface area contributed by atoms with E-state index in [4.69, 9.17) is 0 Å². The van der Waals surface area contributed by atoms with Gasteiger partial charge in [0.25, 0.3) is 5.91 Å². The normalized spacial score (nSPS) is 12.3. The lowest BCUT2D eigenvalue weighted by Gasteiger charge is -2.25. The molecule has 0 aliphatic carbocycles. The van der Waals surface area contributed by atoms with Gasteiger partial charge in [-0.3, -0.25) is 4.79 Å². The molecule has 0 bridgehead atoms. The maximum absolute atomic E-state index is 13.7. The summed E-state index contributed by atoms with van der Waals surface area (Å²) in [7, 11) is 0. The molecule has 0 spiro atoms. The maximum Gasteiger partial charge on any atom is 0.418 e. The molecule has 4 aromatic rings. The third-order valence-electron chi connectivity index (χ3n) is 5.65. The van der Waals surface area contributed by atoms with Crippen molar-refractivity contribution in [2.24, 2.45) is 0 Å². The number of hydrogen-bond donors (Lipinski definition) is 2. The molecule has 2 N–H and O–H groups in total. The van der Waals surface area contributed by atoms with Gasteiger partial charge >= 0.3 is 6.18 Å². The molecule has 34 heavy (non-hydrogen) atoms. The quantitative estimate of drug-likeness (QED) is 0.295. The van der Waals surface area contributed by atoms with Crippen LogP contribution in [0.4, 0.5) is 23.9 Å². The van der Waals surface area contributed by atoms with Crippen molar-refractivity contribution in [3.8, 4) is 0 Å². The highest BCUT2D eigenvalue weighted by Crippen LogP contribution is 2.43. The molecule has 0 radical (unpaired) electrons. The fourth-order valence-corrected chi connectivity index (χ4v) is 4.92. The van der Waals surface area contributed by atoms with Crippen molar-refractivity contribution in [3.05, 3.63) is 118 Å². The first-order valence-corrected chi connectivity index (χ1v) is 11.5. The van der Waals surface area contributed by atoms with Crippen LogP contribution in [0.1, 0.15) is 43.5 Å². The smallest absolute Gasteiger partial charge is 0.374 e. The van der Waals surface area contributed by atoms with Crippen LogP contribution < -0.4 is 10.6 Å². The molecule has 4 rings (SSSR count). The van der Waals surface area contributed by atoms with Crippen LogP contribution in [0.15, 0.2) is 84.9 Å². The first-order valence-electron chi connectivity index (χ1n) is 10.7. The summed E-state index contributed by atoms with van der Waals surface area (Å²) in [6.45, 7) is 3.86. The Morgan fingerprint density at radius 1 is 0.853 bits per heavy atom. The third kappa shape index (κ3) is 4.99. The molecule has 0 aliphatic heterocycles. The predicted molar refractivity (Wildman–Crippen MR) is 132 cm³/mol. The highest BCUT2D eigenvalue weighted by molar-refractivity contribution is 7.16. The minimum absolute atomic E-state index is 0.0209.